The van der Waals surface area contributed by atoms with Crippen molar-refractivity contribution in [3.63, 3.8) is 0 Å². The van der Waals surface area contributed by atoms with E-state index in [9.17, 15) is 9.59 Å². The Hall–Kier alpha value is -1.61. The summed E-state index contributed by atoms with van der Waals surface area (Å²) in [6.45, 7) is 2.98. The fourth-order valence-electron chi connectivity index (χ4n) is 2.36. The van der Waals surface area contributed by atoms with Crippen LogP contribution in [0.4, 0.5) is 0 Å². The highest BCUT2D eigenvalue weighted by Gasteiger charge is 2.38. The van der Waals surface area contributed by atoms with Crippen molar-refractivity contribution in [2.24, 2.45) is 0 Å². The van der Waals surface area contributed by atoms with Crippen LogP contribution in [0.25, 0.3) is 0 Å². The molecule has 0 aromatic heterocycles. The van der Waals surface area contributed by atoms with Crippen LogP contribution in [-0.4, -0.2) is 60.4 Å². The van der Waals surface area contributed by atoms with Crippen molar-refractivity contribution in [1.29, 1.82) is 5.26 Å². The Balaban J connectivity index is 2.02. The summed E-state index contributed by atoms with van der Waals surface area (Å²) in [4.78, 5) is 27.0. The minimum absolute atomic E-state index is 0.00685. The second-order valence-electron chi connectivity index (χ2n) is 4.31. The zero-order valence-corrected chi connectivity index (χ0v) is 9.69. The molecule has 0 bridgehead atoms. The average Bonchev–Trinajstić information content (AvgIpc) is 2.72. The van der Waals surface area contributed by atoms with E-state index in [4.69, 9.17) is 5.26 Å². The van der Waals surface area contributed by atoms with Gasteiger partial charge in [0.1, 0.15) is 12.6 Å². The molecule has 17 heavy (non-hydrogen) atoms. The number of carbonyl (C=O) groups excluding carboxylic acids is 2. The first-order valence-electron chi connectivity index (χ1n) is 5.90. The predicted molar refractivity (Wildman–Crippen MR) is 59.8 cm³/mol. The van der Waals surface area contributed by atoms with Crippen molar-refractivity contribution in [3.8, 4) is 6.07 Å². The molecule has 1 N–H and O–H groups in total. The smallest absolute Gasteiger partial charge is 0.245 e. The van der Waals surface area contributed by atoms with Gasteiger partial charge in [0, 0.05) is 32.6 Å². The van der Waals surface area contributed by atoms with Crippen molar-refractivity contribution in [3.05, 3.63) is 0 Å². The van der Waals surface area contributed by atoms with Gasteiger partial charge in [0.2, 0.25) is 11.8 Å². The molecule has 0 aromatic rings. The van der Waals surface area contributed by atoms with Gasteiger partial charge in [-0.1, -0.05) is 0 Å². The van der Waals surface area contributed by atoms with Gasteiger partial charge in [-0.25, -0.2) is 0 Å². The van der Waals surface area contributed by atoms with E-state index in [0.717, 1.165) is 13.1 Å². The van der Waals surface area contributed by atoms with Crippen molar-refractivity contribution < 1.29 is 9.59 Å². The van der Waals surface area contributed by atoms with E-state index < -0.39 is 6.04 Å². The third kappa shape index (κ3) is 2.39. The lowest BCUT2D eigenvalue weighted by Crippen LogP contribution is -2.53. The Morgan fingerprint density at radius 2 is 2.18 bits per heavy atom. The molecule has 2 rings (SSSR count). The van der Waals surface area contributed by atoms with Crippen LogP contribution in [0, 0.1) is 11.3 Å². The van der Waals surface area contributed by atoms with Gasteiger partial charge in [0.05, 0.1) is 6.07 Å². The summed E-state index contributed by atoms with van der Waals surface area (Å²) in [6.07, 6.45) is 0.924. The molecule has 0 saturated carbocycles. The van der Waals surface area contributed by atoms with Crippen LogP contribution in [0.2, 0.25) is 0 Å². The van der Waals surface area contributed by atoms with Crippen molar-refractivity contribution >= 4 is 11.8 Å². The van der Waals surface area contributed by atoms with Gasteiger partial charge in [-0.05, 0) is 6.42 Å². The molecule has 2 aliphatic rings. The maximum atomic E-state index is 12.2. The summed E-state index contributed by atoms with van der Waals surface area (Å²) in [5.74, 6) is -0.0902. The molecule has 0 aromatic carbocycles. The van der Waals surface area contributed by atoms with Gasteiger partial charge in [-0.15, -0.1) is 0 Å². The van der Waals surface area contributed by atoms with E-state index in [1.54, 1.807) is 4.90 Å². The van der Waals surface area contributed by atoms with E-state index in [2.05, 4.69) is 5.32 Å². The van der Waals surface area contributed by atoms with Crippen molar-refractivity contribution in [2.75, 3.05) is 32.7 Å². The SMILES string of the molecule is N#CCN1C(=O)CCC1C(=O)N1CCNCC1. The second kappa shape index (κ2) is 5.15. The van der Waals surface area contributed by atoms with Crippen molar-refractivity contribution in [1.82, 2.24) is 15.1 Å². The number of nitriles is 1. The third-order valence-corrected chi connectivity index (χ3v) is 3.28. The minimum atomic E-state index is -0.416. The molecule has 2 fully saturated rings. The summed E-state index contributed by atoms with van der Waals surface area (Å²) in [6, 6.07) is 1.53. The van der Waals surface area contributed by atoms with Crippen molar-refractivity contribution in [2.45, 2.75) is 18.9 Å². The Morgan fingerprint density at radius 1 is 1.47 bits per heavy atom. The van der Waals surface area contributed by atoms with E-state index in [0.29, 0.717) is 25.9 Å². The molecule has 0 radical (unpaired) electrons. The number of amides is 2. The molecule has 6 heteroatoms. The molecule has 0 spiro atoms. The second-order valence-corrected chi connectivity index (χ2v) is 4.31. The zero-order chi connectivity index (χ0) is 12.3. The first kappa shape index (κ1) is 11.9. The topological polar surface area (TPSA) is 76.4 Å². The lowest BCUT2D eigenvalue weighted by molar-refractivity contribution is -0.141. The largest absolute Gasteiger partial charge is 0.338 e. The summed E-state index contributed by atoms with van der Waals surface area (Å²) in [7, 11) is 0. The van der Waals surface area contributed by atoms with Gasteiger partial charge in [-0.3, -0.25) is 9.59 Å². The lowest BCUT2D eigenvalue weighted by Gasteiger charge is -2.32. The molecule has 2 heterocycles. The minimum Gasteiger partial charge on any atom is -0.338 e. The summed E-state index contributed by atoms with van der Waals surface area (Å²) < 4.78 is 0. The number of nitrogens with one attached hydrogen (secondary N) is 1. The molecule has 2 amide bonds. The Bertz CT molecular complexity index is 357. The standard InChI is InChI=1S/C11H16N4O2/c12-3-6-15-9(1-2-10(15)16)11(17)14-7-4-13-5-8-14/h9,13H,1-2,4-8H2. The van der Waals surface area contributed by atoms with Crippen LogP contribution >= 0.6 is 0 Å². The molecule has 2 saturated heterocycles. The molecule has 6 nitrogen and oxygen atoms in total. The first-order valence-corrected chi connectivity index (χ1v) is 5.90. The van der Waals surface area contributed by atoms with Gasteiger partial charge in [-0.2, -0.15) is 5.26 Å². The number of nitrogens with zero attached hydrogens (tertiary/aromatic N) is 3. The molecule has 1 unspecified atom stereocenters. The fourth-order valence-corrected chi connectivity index (χ4v) is 2.36. The predicted octanol–water partition coefficient (Wildman–Crippen LogP) is -1.07. The van der Waals surface area contributed by atoms with Crippen LogP contribution in [0.3, 0.4) is 0 Å². The molecule has 2 aliphatic heterocycles. The van der Waals surface area contributed by atoms with Crippen LogP contribution in [0.1, 0.15) is 12.8 Å². The molecule has 1 atom stereocenters. The average molecular weight is 236 g/mol. The number of rotatable bonds is 2. The molecular formula is C11H16N4O2. The summed E-state index contributed by atoms with van der Waals surface area (Å²) in [5, 5.41) is 11.9. The van der Waals surface area contributed by atoms with Gasteiger partial charge in [0.15, 0.2) is 0 Å². The lowest BCUT2D eigenvalue weighted by atomic mass is 10.2. The third-order valence-electron chi connectivity index (χ3n) is 3.28. The van der Waals surface area contributed by atoms with Gasteiger partial charge < -0.3 is 15.1 Å². The van der Waals surface area contributed by atoms with Crippen LogP contribution < -0.4 is 5.32 Å². The highest BCUT2D eigenvalue weighted by molar-refractivity contribution is 5.91. The van der Waals surface area contributed by atoms with E-state index in [1.807, 2.05) is 6.07 Å². The van der Waals surface area contributed by atoms with Gasteiger partial charge in [0.25, 0.3) is 0 Å². The number of piperazine rings is 1. The fraction of sp³-hybridized carbons (Fsp3) is 0.727. The van der Waals surface area contributed by atoms with Crippen LogP contribution in [0.15, 0.2) is 0 Å². The van der Waals surface area contributed by atoms with Crippen LogP contribution in [-0.2, 0) is 9.59 Å². The number of hydrogen-bond acceptors (Lipinski definition) is 4. The highest BCUT2D eigenvalue weighted by Crippen LogP contribution is 2.20. The normalized spacial score (nSPS) is 24.9. The Labute approximate surface area is 100 Å². The maximum absolute atomic E-state index is 12.2. The van der Waals surface area contributed by atoms with E-state index in [-0.39, 0.29) is 18.4 Å². The zero-order valence-electron chi connectivity index (χ0n) is 9.69. The summed E-state index contributed by atoms with van der Waals surface area (Å²) in [5.41, 5.74) is 0. The Morgan fingerprint density at radius 3 is 2.82 bits per heavy atom. The van der Waals surface area contributed by atoms with E-state index >= 15 is 0 Å². The molecular weight excluding hydrogens is 220 g/mol. The quantitative estimate of drug-likeness (QED) is 0.620. The summed E-state index contributed by atoms with van der Waals surface area (Å²) >= 11 is 0. The number of hydrogen-bond donors (Lipinski definition) is 1. The number of carbonyl (C=O) groups is 2. The van der Waals surface area contributed by atoms with Crippen LogP contribution in [0.5, 0.6) is 0 Å². The maximum Gasteiger partial charge on any atom is 0.245 e. The molecule has 0 aliphatic carbocycles. The Kier molecular flexibility index (Phi) is 3.59. The number of likely N-dealkylation sites (tertiary alicyclic amines) is 1. The van der Waals surface area contributed by atoms with Gasteiger partial charge >= 0.3 is 0 Å². The first-order chi connectivity index (χ1) is 8.24. The monoisotopic (exact) mass is 236 g/mol. The molecule has 92 valence electrons. The van der Waals surface area contributed by atoms with E-state index in [1.165, 1.54) is 4.90 Å². The highest BCUT2D eigenvalue weighted by atomic mass is 16.2.